The van der Waals surface area contributed by atoms with Crippen LogP contribution in [0.4, 0.5) is 0 Å². The first-order chi connectivity index (χ1) is 8.32. The molecule has 0 aliphatic heterocycles. The van der Waals surface area contributed by atoms with Crippen LogP contribution in [0.2, 0.25) is 0 Å². The lowest BCUT2D eigenvalue weighted by Gasteiger charge is -2.09. The Kier molecular flexibility index (Phi) is 4.76. The van der Waals surface area contributed by atoms with Gasteiger partial charge in [-0.1, -0.05) is 6.07 Å². The van der Waals surface area contributed by atoms with Crippen molar-refractivity contribution in [3.63, 3.8) is 0 Å². The maximum absolute atomic E-state index is 11.4. The minimum absolute atomic E-state index is 0.472. The van der Waals surface area contributed by atoms with Crippen molar-refractivity contribution in [1.82, 2.24) is 0 Å². The van der Waals surface area contributed by atoms with Crippen LogP contribution in [0.3, 0.4) is 0 Å². The molecule has 0 saturated carbocycles. The van der Waals surface area contributed by atoms with E-state index in [4.69, 9.17) is 4.55 Å². The molecule has 98 valence electrons. The maximum atomic E-state index is 11.4. The summed E-state index contributed by atoms with van der Waals surface area (Å²) in [6, 6.07) is 3.44. The van der Waals surface area contributed by atoms with Crippen molar-refractivity contribution in [2.75, 3.05) is 0 Å². The monoisotopic (exact) mass is 310 g/mol. The van der Waals surface area contributed by atoms with Crippen molar-refractivity contribution in [2.45, 2.75) is 4.90 Å². The average Bonchev–Trinajstić information content (AvgIpc) is 2.34. The van der Waals surface area contributed by atoms with Gasteiger partial charge >= 0.3 is 11.9 Å². The van der Waals surface area contributed by atoms with Crippen LogP contribution in [0.1, 0.15) is 20.7 Å². The lowest BCUT2D eigenvalue weighted by Crippen LogP contribution is -2.14. The van der Waals surface area contributed by atoms with Crippen molar-refractivity contribution in [1.29, 1.82) is 0 Å². The molecule has 0 amide bonds. The van der Waals surface area contributed by atoms with E-state index in [9.17, 15) is 18.0 Å². The molecule has 0 aliphatic carbocycles. The molecule has 0 bridgehead atoms. The highest BCUT2D eigenvalue weighted by Gasteiger charge is 2.28. The molecule has 1 rings (SSSR count). The molecule has 0 aliphatic rings. The number of carbonyl (C=O) groups excluding carboxylic acids is 2. The van der Waals surface area contributed by atoms with Crippen LogP contribution < -0.4 is 0 Å². The van der Waals surface area contributed by atoms with Crippen molar-refractivity contribution in [2.24, 2.45) is 0 Å². The summed E-state index contributed by atoms with van der Waals surface area (Å²) in [6.45, 7) is 0. The molecular formula is C8H8O7P2S. The topological polar surface area (TPSA) is 107 Å². The van der Waals surface area contributed by atoms with Gasteiger partial charge in [-0.05, 0) is 12.1 Å². The number of rotatable bonds is 3. The van der Waals surface area contributed by atoms with Gasteiger partial charge < -0.3 is 9.05 Å². The summed E-state index contributed by atoms with van der Waals surface area (Å²) < 4.78 is 40.1. The van der Waals surface area contributed by atoms with Gasteiger partial charge in [0.1, 0.15) is 4.90 Å². The molecule has 0 saturated heterocycles. The Balaban J connectivity index is 3.66. The molecule has 0 aromatic heterocycles. The van der Waals surface area contributed by atoms with Crippen LogP contribution in [0.25, 0.3) is 0 Å². The van der Waals surface area contributed by atoms with E-state index in [1.165, 1.54) is 6.07 Å². The lowest BCUT2D eigenvalue weighted by atomic mass is 10.1. The summed E-state index contributed by atoms with van der Waals surface area (Å²) in [6.07, 6.45) is 0. The first-order valence-corrected chi connectivity index (χ1v) is 6.63. The van der Waals surface area contributed by atoms with E-state index in [1.54, 1.807) is 18.9 Å². The smallest absolute Gasteiger partial charge is 0.341 e. The van der Waals surface area contributed by atoms with Gasteiger partial charge in [0.15, 0.2) is 0 Å². The van der Waals surface area contributed by atoms with Crippen molar-refractivity contribution >= 4 is 41.0 Å². The zero-order valence-electron chi connectivity index (χ0n) is 8.69. The Hall–Kier alpha value is -1.07. The van der Waals surface area contributed by atoms with Gasteiger partial charge in [0.2, 0.25) is 0 Å². The Morgan fingerprint density at radius 2 is 1.44 bits per heavy atom. The average molecular weight is 310 g/mol. The van der Waals surface area contributed by atoms with Gasteiger partial charge in [0.05, 0.1) is 30.1 Å². The number of hydrogen-bond donors (Lipinski definition) is 1. The van der Waals surface area contributed by atoms with Crippen LogP contribution in [-0.2, 0) is 19.2 Å². The van der Waals surface area contributed by atoms with Gasteiger partial charge in [-0.15, -0.1) is 0 Å². The maximum Gasteiger partial charge on any atom is 0.341 e. The summed E-state index contributed by atoms with van der Waals surface area (Å²) in [4.78, 5) is 21.9. The van der Waals surface area contributed by atoms with Gasteiger partial charge in [-0.25, -0.2) is 9.59 Å². The van der Waals surface area contributed by atoms with Gasteiger partial charge in [0, 0.05) is 0 Å². The van der Waals surface area contributed by atoms with E-state index in [2.05, 4.69) is 9.05 Å². The number of carbonyl (C=O) groups is 2. The summed E-state index contributed by atoms with van der Waals surface area (Å²) in [5.41, 5.74) is -0.944. The third-order valence-electron chi connectivity index (χ3n) is 1.93. The summed E-state index contributed by atoms with van der Waals surface area (Å²) in [5.74, 6) is -2.07. The highest BCUT2D eigenvalue weighted by Crippen LogP contribution is 2.23. The highest BCUT2D eigenvalue weighted by molar-refractivity contribution is 7.86. The fourth-order valence-electron chi connectivity index (χ4n) is 1.26. The molecule has 0 radical (unpaired) electrons. The summed E-state index contributed by atoms with van der Waals surface area (Å²) >= 11 is 0. The predicted molar refractivity (Wildman–Crippen MR) is 66.5 cm³/mol. The fourth-order valence-corrected chi connectivity index (χ4v) is 2.38. The van der Waals surface area contributed by atoms with Gasteiger partial charge in [0.25, 0.3) is 10.1 Å². The molecule has 0 fully saturated rings. The molecule has 18 heavy (non-hydrogen) atoms. The molecule has 7 nitrogen and oxygen atoms in total. The SMILES string of the molecule is O=C(OP)c1cccc(C(=O)OP)c1S(=O)(=O)O. The molecule has 0 spiro atoms. The molecule has 0 heterocycles. The van der Waals surface area contributed by atoms with E-state index in [0.29, 0.717) is 0 Å². The van der Waals surface area contributed by atoms with Crippen LogP contribution in [0.15, 0.2) is 23.1 Å². The first kappa shape index (κ1) is 15.0. The standard InChI is InChI=1S/C8H8O7P2S/c9-7(14-16)4-2-1-3-5(8(10)15-17)6(4)18(11,12)13/h1-3H,16-17H2,(H,11,12,13). The molecule has 1 aromatic carbocycles. The molecule has 1 aromatic rings. The second-order valence-corrected chi connectivity index (χ2v) is 4.80. The quantitative estimate of drug-likeness (QED) is 0.650. The van der Waals surface area contributed by atoms with Gasteiger partial charge in [-0.2, -0.15) is 8.42 Å². The number of benzene rings is 1. The summed E-state index contributed by atoms with van der Waals surface area (Å²) in [5, 5.41) is 0. The normalized spacial score (nSPS) is 10.8. The second kappa shape index (κ2) is 5.71. The van der Waals surface area contributed by atoms with Crippen molar-refractivity contribution < 1.29 is 31.6 Å². The van der Waals surface area contributed by atoms with E-state index in [0.717, 1.165) is 12.1 Å². The molecule has 2 atom stereocenters. The van der Waals surface area contributed by atoms with E-state index in [-0.39, 0.29) is 0 Å². The molecule has 10 heteroatoms. The lowest BCUT2D eigenvalue weighted by molar-refractivity contribution is 0.0757. The van der Waals surface area contributed by atoms with Crippen LogP contribution in [0.5, 0.6) is 0 Å². The fraction of sp³-hybridized carbons (Fsp3) is 0. The van der Waals surface area contributed by atoms with Gasteiger partial charge in [-0.3, -0.25) is 4.55 Å². The second-order valence-electron chi connectivity index (χ2n) is 2.97. The third kappa shape index (κ3) is 3.03. The zero-order chi connectivity index (χ0) is 13.9. The summed E-state index contributed by atoms with van der Waals surface area (Å²) in [7, 11) is -1.52. The van der Waals surface area contributed by atoms with Crippen molar-refractivity contribution in [3.05, 3.63) is 29.3 Å². The van der Waals surface area contributed by atoms with E-state index >= 15 is 0 Å². The predicted octanol–water partition coefficient (Wildman–Crippen LogP) is 0.827. The Morgan fingerprint density at radius 1 is 1.06 bits per heavy atom. The Labute approximate surface area is 107 Å². The largest absolute Gasteiger partial charge is 0.448 e. The number of hydrogen-bond acceptors (Lipinski definition) is 6. The van der Waals surface area contributed by atoms with Crippen LogP contribution in [-0.4, -0.2) is 24.9 Å². The highest BCUT2D eigenvalue weighted by atomic mass is 32.2. The first-order valence-electron chi connectivity index (χ1n) is 4.25. The third-order valence-corrected chi connectivity index (χ3v) is 3.31. The Bertz CT molecular complexity index is 561. The minimum atomic E-state index is -4.79. The Morgan fingerprint density at radius 3 is 1.72 bits per heavy atom. The van der Waals surface area contributed by atoms with Crippen molar-refractivity contribution in [3.8, 4) is 0 Å². The zero-order valence-corrected chi connectivity index (χ0v) is 11.8. The van der Waals surface area contributed by atoms with Crippen LogP contribution >= 0.6 is 18.9 Å². The molecule has 1 N–H and O–H groups in total. The van der Waals surface area contributed by atoms with E-state index in [1.807, 2.05) is 0 Å². The molecule has 2 unspecified atom stereocenters. The van der Waals surface area contributed by atoms with Crippen LogP contribution in [0, 0.1) is 0 Å². The molecular weight excluding hydrogens is 302 g/mol. The minimum Gasteiger partial charge on any atom is -0.448 e. The van der Waals surface area contributed by atoms with E-state index < -0.39 is 38.1 Å².